The lowest BCUT2D eigenvalue weighted by Crippen LogP contribution is -2.00. The second-order valence-corrected chi connectivity index (χ2v) is 4.93. The molecule has 1 aromatic heterocycles. The normalized spacial score (nSPS) is 10.4. The molecular formula is C11H5Cl2FOS. The Labute approximate surface area is 105 Å². The summed E-state index contributed by atoms with van der Waals surface area (Å²) in [6, 6.07) is 5.30. The predicted octanol–water partition coefficient (Wildman–Crippen LogP) is 4.43. The third-order valence-electron chi connectivity index (χ3n) is 2.04. The van der Waals surface area contributed by atoms with E-state index in [1.165, 1.54) is 35.6 Å². The van der Waals surface area contributed by atoms with E-state index < -0.39 is 0 Å². The highest BCUT2D eigenvalue weighted by molar-refractivity contribution is 7.15. The van der Waals surface area contributed by atoms with Crippen molar-refractivity contribution >= 4 is 40.3 Å². The van der Waals surface area contributed by atoms with Crippen LogP contribution < -0.4 is 0 Å². The van der Waals surface area contributed by atoms with Crippen molar-refractivity contribution in [1.29, 1.82) is 0 Å². The summed E-state index contributed by atoms with van der Waals surface area (Å²) in [6.45, 7) is 0. The summed E-state index contributed by atoms with van der Waals surface area (Å²) < 4.78 is 13.1. The summed E-state index contributed by atoms with van der Waals surface area (Å²) >= 11 is 12.8. The van der Waals surface area contributed by atoms with Crippen LogP contribution in [0.4, 0.5) is 4.39 Å². The molecule has 1 aromatic carbocycles. The van der Waals surface area contributed by atoms with Crippen molar-refractivity contribution in [2.24, 2.45) is 0 Å². The van der Waals surface area contributed by atoms with Gasteiger partial charge in [-0.25, -0.2) is 4.39 Å². The Kier molecular flexibility index (Phi) is 3.28. The second kappa shape index (κ2) is 4.53. The van der Waals surface area contributed by atoms with Gasteiger partial charge < -0.3 is 0 Å². The van der Waals surface area contributed by atoms with Crippen molar-refractivity contribution < 1.29 is 9.18 Å². The number of carbonyl (C=O) groups is 1. The number of carbonyl (C=O) groups excluding carboxylic acids is 1. The molecule has 0 bridgehead atoms. The first-order chi connectivity index (χ1) is 7.59. The minimum atomic E-state index is -0.383. The van der Waals surface area contributed by atoms with Crippen LogP contribution in [0, 0.1) is 5.82 Å². The van der Waals surface area contributed by atoms with Gasteiger partial charge in [-0.1, -0.05) is 23.2 Å². The van der Waals surface area contributed by atoms with Crippen LogP contribution in [0.1, 0.15) is 15.9 Å². The van der Waals surface area contributed by atoms with E-state index in [0.29, 0.717) is 15.5 Å². The molecule has 0 unspecified atom stereocenters. The second-order valence-electron chi connectivity index (χ2n) is 3.07. The molecule has 16 heavy (non-hydrogen) atoms. The number of benzene rings is 1. The Balaban J connectivity index is 2.39. The van der Waals surface area contributed by atoms with Crippen LogP contribution in [0.5, 0.6) is 0 Å². The molecule has 0 aliphatic carbocycles. The number of halogens is 3. The molecular weight excluding hydrogens is 270 g/mol. The first-order valence-corrected chi connectivity index (χ1v) is 5.96. The maximum absolute atomic E-state index is 12.7. The molecule has 82 valence electrons. The lowest BCUT2D eigenvalue weighted by molar-refractivity contribution is 0.103. The van der Waals surface area contributed by atoms with Crippen LogP contribution in [0.25, 0.3) is 0 Å². The predicted molar refractivity (Wildman–Crippen MR) is 64.2 cm³/mol. The van der Waals surface area contributed by atoms with Crippen molar-refractivity contribution in [3.63, 3.8) is 0 Å². The SMILES string of the molecule is O=C(c1ccc(F)cc1)c1csc(Cl)c1Cl. The Hall–Kier alpha value is -0.900. The summed E-state index contributed by atoms with van der Waals surface area (Å²) in [5, 5.41) is 1.84. The molecule has 0 radical (unpaired) electrons. The van der Waals surface area contributed by atoms with E-state index in [0.717, 1.165) is 0 Å². The molecule has 5 heteroatoms. The van der Waals surface area contributed by atoms with Crippen LogP contribution in [0.15, 0.2) is 29.6 Å². The molecule has 0 saturated carbocycles. The van der Waals surface area contributed by atoms with E-state index in [4.69, 9.17) is 23.2 Å². The summed E-state index contributed by atoms with van der Waals surface area (Å²) in [6.07, 6.45) is 0. The number of ketones is 1. The van der Waals surface area contributed by atoms with Gasteiger partial charge in [0.2, 0.25) is 0 Å². The van der Waals surface area contributed by atoms with Gasteiger partial charge in [0.15, 0.2) is 5.78 Å². The minimum absolute atomic E-state index is 0.251. The first kappa shape index (κ1) is 11.6. The minimum Gasteiger partial charge on any atom is -0.289 e. The van der Waals surface area contributed by atoms with E-state index in [2.05, 4.69) is 0 Å². The van der Waals surface area contributed by atoms with Gasteiger partial charge in [0.25, 0.3) is 0 Å². The van der Waals surface area contributed by atoms with Crippen LogP contribution in [-0.4, -0.2) is 5.78 Å². The molecule has 0 aliphatic rings. The molecule has 0 amide bonds. The topological polar surface area (TPSA) is 17.1 Å². The van der Waals surface area contributed by atoms with Crippen LogP contribution >= 0.6 is 34.5 Å². The van der Waals surface area contributed by atoms with E-state index in [1.54, 1.807) is 5.38 Å². The monoisotopic (exact) mass is 274 g/mol. The highest BCUT2D eigenvalue weighted by atomic mass is 35.5. The van der Waals surface area contributed by atoms with Crippen molar-refractivity contribution in [1.82, 2.24) is 0 Å². The molecule has 0 atom stereocenters. The first-order valence-electron chi connectivity index (χ1n) is 4.32. The fraction of sp³-hybridized carbons (Fsp3) is 0. The molecule has 0 fully saturated rings. The zero-order valence-electron chi connectivity index (χ0n) is 7.84. The van der Waals surface area contributed by atoms with Gasteiger partial charge in [0.05, 0.1) is 10.6 Å². The van der Waals surface area contributed by atoms with E-state index in [9.17, 15) is 9.18 Å². The van der Waals surface area contributed by atoms with Crippen molar-refractivity contribution in [2.45, 2.75) is 0 Å². The number of hydrogen-bond donors (Lipinski definition) is 0. The maximum Gasteiger partial charge on any atom is 0.195 e. The van der Waals surface area contributed by atoms with Gasteiger partial charge in [0, 0.05) is 10.9 Å². The smallest absolute Gasteiger partial charge is 0.195 e. The Bertz CT molecular complexity index is 533. The fourth-order valence-electron chi connectivity index (χ4n) is 1.23. The lowest BCUT2D eigenvalue weighted by atomic mass is 10.1. The van der Waals surface area contributed by atoms with Gasteiger partial charge in [-0.3, -0.25) is 4.79 Å². The highest BCUT2D eigenvalue weighted by Crippen LogP contribution is 2.33. The Morgan fingerprint density at radius 2 is 1.81 bits per heavy atom. The average molecular weight is 275 g/mol. The van der Waals surface area contributed by atoms with Crippen LogP contribution in [0.2, 0.25) is 9.36 Å². The van der Waals surface area contributed by atoms with Crippen LogP contribution in [0.3, 0.4) is 0 Å². The zero-order chi connectivity index (χ0) is 11.7. The molecule has 0 N–H and O–H groups in total. The van der Waals surface area contributed by atoms with Gasteiger partial charge >= 0.3 is 0 Å². The van der Waals surface area contributed by atoms with Crippen LogP contribution in [-0.2, 0) is 0 Å². The summed E-state index contributed by atoms with van der Waals surface area (Å²) in [7, 11) is 0. The van der Waals surface area contributed by atoms with Gasteiger partial charge in [0.1, 0.15) is 10.2 Å². The summed E-state index contributed by atoms with van der Waals surface area (Å²) in [4.78, 5) is 11.9. The molecule has 0 aliphatic heterocycles. The third-order valence-corrected chi connectivity index (χ3v) is 3.86. The third kappa shape index (κ3) is 2.12. The van der Waals surface area contributed by atoms with Gasteiger partial charge in [-0.2, -0.15) is 0 Å². The standard InChI is InChI=1S/C11H5Cl2FOS/c12-9-8(5-16-11(9)13)10(15)6-1-3-7(14)4-2-6/h1-5H. The molecule has 2 aromatic rings. The lowest BCUT2D eigenvalue weighted by Gasteiger charge is -1.99. The quantitative estimate of drug-likeness (QED) is 0.741. The van der Waals surface area contributed by atoms with E-state index >= 15 is 0 Å². The summed E-state index contributed by atoms with van der Waals surface area (Å²) in [5.41, 5.74) is 0.737. The largest absolute Gasteiger partial charge is 0.289 e. The van der Waals surface area contributed by atoms with Gasteiger partial charge in [-0.15, -0.1) is 11.3 Å². The molecule has 1 heterocycles. The average Bonchev–Trinajstić information content (AvgIpc) is 2.60. The molecule has 0 spiro atoms. The Morgan fingerprint density at radius 1 is 1.19 bits per heavy atom. The maximum atomic E-state index is 12.7. The van der Waals surface area contributed by atoms with E-state index in [-0.39, 0.29) is 16.6 Å². The number of thiophene rings is 1. The molecule has 2 rings (SSSR count). The summed E-state index contributed by atoms with van der Waals surface area (Å²) in [5.74, 6) is -0.640. The molecule has 1 nitrogen and oxygen atoms in total. The van der Waals surface area contributed by atoms with Gasteiger partial charge in [-0.05, 0) is 24.3 Å². The van der Waals surface area contributed by atoms with Crippen molar-refractivity contribution in [3.05, 3.63) is 55.9 Å². The highest BCUT2D eigenvalue weighted by Gasteiger charge is 2.16. The zero-order valence-corrected chi connectivity index (χ0v) is 10.2. The number of hydrogen-bond acceptors (Lipinski definition) is 2. The van der Waals surface area contributed by atoms with Crippen molar-refractivity contribution in [3.8, 4) is 0 Å². The van der Waals surface area contributed by atoms with E-state index in [1.807, 2.05) is 0 Å². The van der Waals surface area contributed by atoms with Crippen molar-refractivity contribution in [2.75, 3.05) is 0 Å². The Morgan fingerprint density at radius 3 is 2.31 bits per heavy atom. The molecule has 0 saturated heterocycles. The fourth-order valence-corrected chi connectivity index (χ4v) is 2.46. The number of rotatable bonds is 2.